The molecule has 1 aromatic carbocycles. The zero-order valence-corrected chi connectivity index (χ0v) is 15.9. The summed E-state index contributed by atoms with van der Waals surface area (Å²) in [5.41, 5.74) is 1.77. The number of rotatable bonds is 5. The second-order valence-electron chi connectivity index (χ2n) is 6.61. The predicted octanol–water partition coefficient (Wildman–Crippen LogP) is 2.55. The maximum absolute atomic E-state index is 12.5. The molecule has 26 heavy (non-hydrogen) atoms. The van der Waals surface area contributed by atoms with Crippen molar-refractivity contribution in [1.82, 2.24) is 9.62 Å². The Labute approximate surface area is 153 Å². The number of carbonyl (C=O) groups excluding carboxylic acids is 1. The Morgan fingerprint density at radius 2 is 2.00 bits per heavy atom. The minimum atomic E-state index is -3.21. The van der Waals surface area contributed by atoms with Gasteiger partial charge in [0.1, 0.15) is 11.3 Å². The van der Waals surface area contributed by atoms with Gasteiger partial charge in [0.15, 0.2) is 0 Å². The van der Waals surface area contributed by atoms with E-state index in [0.29, 0.717) is 25.9 Å². The highest BCUT2D eigenvalue weighted by Gasteiger charge is 2.23. The van der Waals surface area contributed by atoms with Crippen LogP contribution in [0.2, 0.25) is 0 Å². The van der Waals surface area contributed by atoms with Gasteiger partial charge in [-0.15, -0.1) is 0 Å². The summed E-state index contributed by atoms with van der Waals surface area (Å²) in [6, 6.07) is 7.70. The highest BCUT2D eigenvalue weighted by Crippen LogP contribution is 2.27. The molecule has 1 aromatic heterocycles. The van der Waals surface area contributed by atoms with Crippen molar-refractivity contribution in [3.63, 3.8) is 0 Å². The van der Waals surface area contributed by atoms with Crippen LogP contribution in [0.25, 0.3) is 17.0 Å². The van der Waals surface area contributed by atoms with E-state index in [9.17, 15) is 13.2 Å². The summed E-state index contributed by atoms with van der Waals surface area (Å²) in [5.74, 6) is 0.807. The minimum absolute atomic E-state index is 0.0601. The lowest BCUT2D eigenvalue weighted by molar-refractivity contribution is -0.126. The molecule has 1 aliphatic heterocycles. The number of aryl methyl sites for hydroxylation is 1. The smallest absolute Gasteiger partial charge is 0.246 e. The van der Waals surface area contributed by atoms with Gasteiger partial charge in [0.2, 0.25) is 15.9 Å². The second-order valence-corrected chi connectivity index (χ2v) is 8.39. The number of likely N-dealkylation sites (tertiary alicyclic amines) is 1. The van der Waals surface area contributed by atoms with E-state index in [1.807, 2.05) is 37.3 Å². The van der Waals surface area contributed by atoms with Gasteiger partial charge in [0.05, 0.1) is 6.26 Å². The van der Waals surface area contributed by atoms with E-state index in [4.69, 9.17) is 4.42 Å². The van der Waals surface area contributed by atoms with Crippen LogP contribution in [0.5, 0.6) is 0 Å². The molecule has 0 bridgehead atoms. The van der Waals surface area contributed by atoms with E-state index in [1.165, 1.54) is 0 Å². The zero-order chi connectivity index (χ0) is 18.7. The Hall–Kier alpha value is -2.12. The SMILES string of the molecule is CCc1oc2ccccc2c1/C=C/C(=O)N1CCC(NS(C)(=O)=O)CC1. The molecule has 1 N–H and O–H groups in total. The van der Waals surface area contributed by atoms with Gasteiger partial charge in [0.25, 0.3) is 0 Å². The van der Waals surface area contributed by atoms with E-state index >= 15 is 0 Å². The molecule has 0 saturated carbocycles. The summed E-state index contributed by atoms with van der Waals surface area (Å²) in [6.45, 7) is 3.11. The third kappa shape index (κ3) is 4.34. The number of nitrogens with zero attached hydrogens (tertiary/aromatic N) is 1. The first-order valence-corrected chi connectivity index (χ1v) is 10.7. The lowest BCUT2D eigenvalue weighted by atomic mass is 10.1. The van der Waals surface area contributed by atoms with Crippen LogP contribution in [-0.2, 0) is 21.2 Å². The topological polar surface area (TPSA) is 79.6 Å². The van der Waals surface area contributed by atoms with Crippen molar-refractivity contribution in [2.75, 3.05) is 19.3 Å². The Kier molecular flexibility index (Phi) is 5.48. The van der Waals surface area contributed by atoms with Crippen molar-refractivity contribution in [1.29, 1.82) is 0 Å². The number of benzene rings is 1. The number of hydrogen-bond acceptors (Lipinski definition) is 4. The molecule has 3 rings (SSSR count). The number of hydrogen-bond donors (Lipinski definition) is 1. The van der Waals surface area contributed by atoms with E-state index in [0.717, 1.165) is 35.0 Å². The van der Waals surface area contributed by atoms with Gasteiger partial charge in [-0.1, -0.05) is 25.1 Å². The largest absolute Gasteiger partial charge is 0.460 e. The van der Waals surface area contributed by atoms with Crippen LogP contribution >= 0.6 is 0 Å². The summed E-state index contributed by atoms with van der Waals surface area (Å²) in [4.78, 5) is 14.2. The molecule has 2 heterocycles. The fraction of sp³-hybridized carbons (Fsp3) is 0.421. The molecule has 2 aromatic rings. The van der Waals surface area contributed by atoms with Crippen molar-refractivity contribution in [2.24, 2.45) is 0 Å². The first-order valence-electron chi connectivity index (χ1n) is 8.82. The van der Waals surface area contributed by atoms with Crippen molar-refractivity contribution in [3.8, 4) is 0 Å². The van der Waals surface area contributed by atoms with Crippen LogP contribution in [0.4, 0.5) is 0 Å². The van der Waals surface area contributed by atoms with Gasteiger partial charge in [-0.2, -0.15) is 0 Å². The third-order valence-corrected chi connectivity index (χ3v) is 5.37. The Morgan fingerprint density at radius 1 is 1.31 bits per heavy atom. The number of amides is 1. The number of para-hydroxylation sites is 1. The Bertz CT molecular complexity index is 922. The Balaban J connectivity index is 1.68. The van der Waals surface area contributed by atoms with Gasteiger partial charge in [-0.25, -0.2) is 13.1 Å². The molecule has 0 spiro atoms. The first kappa shape index (κ1) is 18.7. The molecule has 140 valence electrons. The van der Waals surface area contributed by atoms with E-state index in [2.05, 4.69) is 4.72 Å². The highest BCUT2D eigenvalue weighted by atomic mass is 32.2. The summed E-state index contributed by atoms with van der Waals surface area (Å²) in [5, 5.41) is 1.00. The van der Waals surface area contributed by atoms with E-state index < -0.39 is 10.0 Å². The van der Waals surface area contributed by atoms with Crippen molar-refractivity contribution >= 4 is 33.0 Å². The average molecular weight is 376 g/mol. The standard InChI is InChI=1S/C19H24N2O4S/c1-3-17-16(15-6-4-5-7-18(15)25-17)8-9-19(22)21-12-10-14(11-13-21)20-26(2,23)24/h4-9,14,20H,3,10-13H2,1-2H3/b9-8+. The monoisotopic (exact) mass is 376 g/mol. The zero-order valence-electron chi connectivity index (χ0n) is 15.1. The van der Waals surface area contributed by atoms with Gasteiger partial charge in [-0.05, 0) is 25.0 Å². The number of furan rings is 1. The van der Waals surface area contributed by atoms with Crippen LogP contribution in [0.1, 0.15) is 31.1 Å². The van der Waals surface area contributed by atoms with Gasteiger partial charge in [-0.3, -0.25) is 4.79 Å². The predicted molar refractivity (Wildman–Crippen MR) is 102 cm³/mol. The van der Waals surface area contributed by atoms with E-state index in [1.54, 1.807) is 11.0 Å². The molecular weight excluding hydrogens is 352 g/mol. The van der Waals surface area contributed by atoms with Crippen LogP contribution < -0.4 is 4.72 Å². The lowest BCUT2D eigenvalue weighted by Crippen LogP contribution is -2.45. The van der Waals surface area contributed by atoms with Crippen molar-refractivity contribution in [3.05, 3.63) is 41.7 Å². The molecule has 0 unspecified atom stereocenters. The Morgan fingerprint density at radius 3 is 2.65 bits per heavy atom. The second kappa shape index (κ2) is 7.63. The quantitative estimate of drug-likeness (QED) is 0.814. The molecule has 0 aliphatic carbocycles. The van der Waals surface area contributed by atoms with Gasteiger partial charge >= 0.3 is 0 Å². The number of piperidine rings is 1. The molecule has 1 aliphatic rings. The molecule has 1 saturated heterocycles. The molecular formula is C19H24N2O4S. The molecule has 0 radical (unpaired) electrons. The number of fused-ring (bicyclic) bond motifs is 1. The van der Waals surface area contributed by atoms with Crippen LogP contribution in [0.15, 0.2) is 34.8 Å². The maximum atomic E-state index is 12.5. The fourth-order valence-electron chi connectivity index (χ4n) is 3.34. The third-order valence-electron chi connectivity index (χ3n) is 4.61. The van der Waals surface area contributed by atoms with E-state index in [-0.39, 0.29) is 11.9 Å². The van der Waals surface area contributed by atoms with Crippen molar-refractivity contribution < 1.29 is 17.6 Å². The number of carbonyl (C=O) groups is 1. The summed E-state index contributed by atoms with van der Waals surface area (Å²) >= 11 is 0. The van der Waals surface area contributed by atoms with Gasteiger partial charge in [0, 0.05) is 42.6 Å². The lowest BCUT2D eigenvalue weighted by Gasteiger charge is -2.31. The highest BCUT2D eigenvalue weighted by molar-refractivity contribution is 7.88. The summed E-state index contributed by atoms with van der Waals surface area (Å²) in [6.07, 6.45) is 6.58. The van der Waals surface area contributed by atoms with Crippen LogP contribution in [0, 0.1) is 0 Å². The average Bonchev–Trinajstić information content (AvgIpc) is 2.96. The van der Waals surface area contributed by atoms with Crippen LogP contribution in [-0.4, -0.2) is 44.6 Å². The molecule has 6 nitrogen and oxygen atoms in total. The van der Waals surface area contributed by atoms with Gasteiger partial charge < -0.3 is 9.32 Å². The first-order chi connectivity index (χ1) is 12.4. The maximum Gasteiger partial charge on any atom is 0.246 e. The molecule has 1 fully saturated rings. The molecule has 7 heteroatoms. The fourth-order valence-corrected chi connectivity index (χ4v) is 4.18. The number of sulfonamides is 1. The normalized spacial score (nSPS) is 16.6. The summed E-state index contributed by atoms with van der Waals surface area (Å²) < 4.78 is 31.1. The molecule has 1 amide bonds. The van der Waals surface area contributed by atoms with Crippen molar-refractivity contribution in [2.45, 2.75) is 32.2 Å². The summed E-state index contributed by atoms with van der Waals surface area (Å²) in [7, 11) is -3.21. The minimum Gasteiger partial charge on any atom is -0.460 e. The number of nitrogens with one attached hydrogen (secondary N) is 1. The molecule has 0 atom stereocenters. The van der Waals surface area contributed by atoms with Crippen LogP contribution in [0.3, 0.4) is 0 Å².